The number of ether oxygens (including phenoxy) is 2. The molecule has 0 radical (unpaired) electrons. The van der Waals surface area contributed by atoms with Gasteiger partial charge in [-0.1, -0.05) is 23.2 Å². The first-order valence-corrected chi connectivity index (χ1v) is 5.79. The Labute approximate surface area is 111 Å². The molecular weight excluding hydrogens is 263 g/mol. The van der Waals surface area contributed by atoms with Crippen LogP contribution in [-0.2, 0) is 6.61 Å². The Morgan fingerprint density at radius 1 is 1.47 bits per heavy atom. The molecule has 17 heavy (non-hydrogen) atoms. The Hall–Kier alpha value is -0.900. The Morgan fingerprint density at radius 2 is 2.18 bits per heavy atom. The van der Waals surface area contributed by atoms with E-state index in [0.29, 0.717) is 28.7 Å². The van der Waals surface area contributed by atoms with Crippen LogP contribution in [0, 0.1) is 0 Å². The van der Waals surface area contributed by atoms with Crippen LogP contribution in [0.2, 0.25) is 5.02 Å². The van der Waals surface area contributed by atoms with Gasteiger partial charge in [0.15, 0.2) is 11.5 Å². The Bertz CT molecular complexity index is 391. The van der Waals surface area contributed by atoms with Gasteiger partial charge in [-0.05, 0) is 18.6 Å². The van der Waals surface area contributed by atoms with E-state index in [1.807, 2.05) is 6.92 Å². The summed E-state index contributed by atoms with van der Waals surface area (Å²) in [6.45, 7) is 2.00. The van der Waals surface area contributed by atoms with Crippen molar-refractivity contribution in [3.8, 4) is 11.5 Å². The molecule has 1 rings (SSSR count). The summed E-state index contributed by atoms with van der Waals surface area (Å²) >= 11 is 11.4. The molecule has 0 amide bonds. The molecule has 0 fully saturated rings. The number of halogens is 2. The number of aliphatic hydroxyl groups excluding tert-OH is 1. The standard InChI is InChI=1S/C12H14Cl2O3/c1-8(5-13)7-17-12-9(6-15)3-10(14)4-11(12)16-2/h3-5,15H,6-7H2,1-2H3/b8-5+. The molecule has 1 aromatic carbocycles. The highest BCUT2D eigenvalue weighted by Gasteiger charge is 2.12. The van der Waals surface area contributed by atoms with Crippen molar-refractivity contribution in [1.29, 1.82) is 0 Å². The lowest BCUT2D eigenvalue weighted by molar-refractivity contribution is 0.262. The third-order valence-corrected chi connectivity index (χ3v) is 2.71. The normalized spacial score (nSPS) is 11.5. The number of aliphatic hydroxyl groups is 1. The minimum atomic E-state index is -0.171. The number of benzene rings is 1. The van der Waals surface area contributed by atoms with Gasteiger partial charge >= 0.3 is 0 Å². The monoisotopic (exact) mass is 276 g/mol. The van der Waals surface area contributed by atoms with Gasteiger partial charge in [-0.25, -0.2) is 0 Å². The molecule has 0 heterocycles. The van der Waals surface area contributed by atoms with Crippen molar-refractivity contribution in [2.75, 3.05) is 13.7 Å². The van der Waals surface area contributed by atoms with Gasteiger partial charge in [0.2, 0.25) is 0 Å². The molecule has 1 N–H and O–H groups in total. The SMILES string of the molecule is COc1cc(Cl)cc(CO)c1OC/C(C)=C/Cl. The van der Waals surface area contributed by atoms with Crippen LogP contribution in [0.4, 0.5) is 0 Å². The fourth-order valence-electron chi connectivity index (χ4n) is 1.27. The fraction of sp³-hybridized carbons (Fsp3) is 0.333. The molecular formula is C12H14Cl2O3. The van der Waals surface area contributed by atoms with Gasteiger partial charge < -0.3 is 14.6 Å². The summed E-state index contributed by atoms with van der Waals surface area (Å²) < 4.78 is 10.7. The quantitative estimate of drug-likeness (QED) is 0.896. The molecule has 0 bridgehead atoms. The first kappa shape index (κ1) is 14.2. The van der Waals surface area contributed by atoms with Gasteiger partial charge in [-0.2, -0.15) is 0 Å². The number of methoxy groups -OCH3 is 1. The molecule has 1 aromatic rings. The molecule has 0 aromatic heterocycles. The van der Waals surface area contributed by atoms with Gasteiger partial charge in [0.25, 0.3) is 0 Å². The fourth-order valence-corrected chi connectivity index (χ4v) is 1.57. The van der Waals surface area contributed by atoms with Crippen LogP contribution in [0.1, 0.15) is 12.5 Å². The van der Waals surface area contributed by atoms with Gasteiger partial charge in [0.1, 0.15) is 6.61 Å². The summed E-state index contributed by atoms with van der Waals surface area (Å²) in [7, 11) is 1.52. The lowest BCUT2D eigenvalue weighted by Crippen LogP contribution is -2.03. The highest BCUT2D eigenvalue weighted by molar-refractivity contribution is 6.30. The average Bonchev–Trinajstić information content (AvgIpc) is 2.35. The summed E-state index contributed by atoms with van der Waals surface area (Å²) in [5, 5.41) is 9.74. The van der Waals surface area contributed by atoms with Crippen molar-refractivity contribution >= 4 is 23.2 Å². The van der Waals surface area contributed by atoms with Crippen LogP contribution in [-0.4, -0.2) is 18.8 Å². The van der Waals surface area contributed by atoms with E-state index >= 15 is 0 Å². The van der Waals surface area contributed by atoms with E-state index in [9.17, 15) is 5.11 Å². The zero-order valence-corrected chi connectivity index (χ0v) is 11.2. The number of hydrogen-bond acceptors (Lipinski definition) is 3. The minimum absolute atomic E-state index is 0.171. The third-order valence-electron chi connectivity index (χ3n) is 2.12. The Balaban J connectivity index is 3.02. The molecule has 0 spiro atoms. The molecule has 94 valence electrons. The van der Waals surface area contributed by atoms with Crippen molar-refractivity contribution in [3.05, 3.63) is 33.8 Å². The number of hydrogen-bond donors (Lipinski definition) is 1. The highest BCUT2D eigenvalue weighted by atomic mass is 35.5. The zero-order valence-electron chi connectivity index (χ0n) is 9.67. The van der Waals surface area contributed by atoms with Crippen LogP contribution >= 0.6 is 23.2 Å². The maximum absolute atomic E-state index is 9.25. The Morgan fingerprint density at radius 3 is 2.71 bits per heavy atom. The van der Waals surface area contributed by atoms with E-state index < -0.39 is 0 Å². The lowest BCUT2D eigenvalue weighted by Gasteiger charge is -2.14. The van der Waals surface area contributed by atoms with Crippen LogP contribution in [0.5, 0.6) is 11.5 Å². The topological polar surface area (TPSA) is 38.7 Å². The summed E-state index contributed by atoms with van der Waals surface area (Å²) in [6.07, 6.45) is 0. The maximum Gasteiger partial charge on any atom is 0.167 e. The second-order valence-electron chi connectivity index (χ2n) is 3.50. The third kappa shape index (κ3) is 3.80. The lowest BCUT2D eigenvalue weighted by atomic mass is 10.2. The van der Waals surface area contributed by atoms with E-state index in [2.05, 4.69) is 0 Å². The van der Waals surface area contributed by atoms with Crippen LogP contribution in [0.15, 0.2) is 23.2 Å². The molecule has 0 aliphatic rings. The molecule has 3 nitrogen and oxygen atoms in total. The molecule has 0 unspecified atom stereocenters. The van der Waals surface area contributed by atoms with Crippen molar-refractivity contribution in [2.45, 2.75) is 13.5 Å². The molecule has 0 saturated carbocycles. The highest BCUT2D eigenvalue weighted by Crippen LogP contribution is 2.35. The first-order valence-electron chi connectivity index (χ1n) is 4.98. The molecule has 0 aliphatic heterocycles. The van der Waals surface area contributed by atoms with Crippen molar-refractivity contribution in [3.63, 3.8) is 0 Å². The first-order chi connectivity index (χ1) is 8.12. The van der Waals surface area contributed by atoms with Gasteiger partial charge in [-0.3, -0.25) is 0 Å². The summed E-state index contributed by atoms with van der Waals surface area (Å²) in [5.41, 5.74) is 2.89. The predicted molar refractivity (Wildman–Crippen MR) is 69.0 cm³/mol. The van der Waals surface area contributed by atoms with E-state index in [0.717, 1.165) is 5.57 Å². The predicted octanol–water partition coefficient (Wildman–Crippen LogP) is 3.36. The van der Waals surface area contributed by atoms with E-state index in [1.54, 1.807) is 12.1 Å². The second-order valence-corrected chi connectivity index (χ2v) is 4.15. The smallest absolute Gasteiger partial charge is 0.167 e. The second kappa shape index (κ2) is 6.74. The van der Waals surface area contributed by atoms with Crippen LogP contribution in [0.3, 0.4) is 0 Å². The van der Waals surface area contributed by atoms with Crippen LogP contribution < -0.4 is 9.47 Å². The van der Waals surface area contributed by atoms with Crippen molar-refractivity contribution < 1.29 is 14.6 Å². The number of rotatable bonds is 5. The van der Waals surface area contributed by atoms with Crippen LogP contribution in [0.25, 0.3) is 0 Å². The average molecular weight is 277 g/mol. The molecule has 0 atom stereocenters. The molecule has 5 heteroatoms. The largest absolute Gasteiger partial charge is 0.493 e. The van der Waals surface area contributed by atoms with Crippen molar-refractivity contribution in [2.24, 2.45) is 0 Å². The summed E-state index contributed by atoms with van der Waals surface area (Å²) in [5.74, 6) is 0.973. The molecule has 0 aliphatic carbocycles. The van der Waals surface area contributed by atoms with E-state index in [-0.39, 0.29) is 6.61 Å². The van der Waals surface area contributed by atoms with Gasteiger partial charge in [-0.15, -0.1) is 0 Å². The van der Waals surface area contributed by atoms with Crippen molar-refractivity contribution in [1.82, 2.24) is 0 Å². The van der Waals surface area contributed by atoms with Gasteiger partial charge in [0, 0.05) is 22.2 Å². The van der Waals surface area contributed by atoms with E-state index in [4.69, 9.17) is 32.7 Å². The summed E-state index contributed by atoms with van der Waals surface area (Å²) in [6, 6.07) is 3.27. The van der Waals surface area contributed by atoms with E-state index in [1.165, 1.54) is 12.6 Å². The van der Waals surface area contributed by atoms with Gasteiger partial charge in [0.05, 0.1) is 13.7 Å². The zero-order chi connectivity index (χ0) is 12.8. The summed E-state index contributed by atoms with van der Waals surface area (Å²) in [4.78, 5) is 0. The maximum atomic E-state index is 9.25. The minimum Gasteiger partial charge on any atom is -0.493 e. The molecule has 0 saturated heterocycles. The Kier molecular flexibility index (Phi) is 5.62.